The van der Waals surface area contributed by atoms with E-state index in [4.69, 9.17) is 0 Å². The first-order valence-electron chi connectivity index (χ1n) is 4.62. The number of hydrogen-bond donors (Lipinski definition) is 1. The van der Waals surface area contributed by atoms with Crippen LogP contribution in [0.15, 0.2) is 18.2 Å². The van der Waals surface area contributed by atoms with Gasteiger partial charge in [-0.15, -0.1) is 0 Å². The summed E-state index contributed by atoms with van der Waals surface area (Å²) in [6, 6.07) is 3.45. The van der Waals surface area contributed by atoms with E-state index < -0.39 is 11.6 Å². The van der Waals surface area contributed by atoms with Gasteiger partial charge in [-0.05, 0) is 12.1 Å². The number of carbonyl (C=O) groups is 1. The Morgan fingerprint density at radius 1 is 1.33 bits per heavy atom. The molecule has 1 N–H and O–H groups in total. The van der Waals surface area contributed by atoms with E-state index in [1.807, 2.05) is 0 Å². The number of nitrogens with one attached hydrogen (secondary N) is 1. The molecule has 2 rings (SSSR count). The molecule has 4 heteroatoms. The van der Waals surface area contributed by atoms with Crippen LogP contribution in [0.1, 0.15) is 23.8 Å². The van der Waals surface area contributed by atoms with Crippen molar-refractivity contribution >= 4 is 16.7 Å². The number of fused-ring (bicyclic) bond motifs is 1. The van der Waals surface area contributed by atoms with Gasteiger partial charge in [0.2, 0.25) is 0 Å². The quantitative estimate of drug-likeness (QED) is 0.757. The van der Waals surface area contributed by atoms with Gasteiger partial charge in [-0.25, -0.2) is 8.78 Å². The lowest BCUT2D eigenvalue weighted by Gasteiger charge is -1.92. The molecule has 2 nitrogen and oxygen atoms in total. The summed E-state index contributed by atoms with van der Waals surface area (Å²) in [5.74, 6) is -1.44. The molecule has 0 atom stereocenters. The number of ketones is 1. The van der Waals surface area contributed by atoms with E-state index in [1.54, 1.807) is 6.92 Å². The molecule has 1 aromatic heterocycles. The van der Waals surface area contributed by atoms with Crippen LogP contribution in [0.2, 0.25) is 0 Å². The van der Waals surface area contributed by atoms with Crippen LogP contribution >= 0.6 is 0 Å². The Morgan fingerprint density at radius 2 is 2.07 bits per heavy atom. The lowest BCUT2D eigenvalue weighted by molar-refractivity contribution is 0.0984. The number of H-pyrrole nitrogens is 1. The molecule has 1 heterocycles. The number of hydrogen-bond acceptors (Lipinski definition) is 1. The van der Waals surface area contributed by atoms with E-state index in [-0.39, 0.29) is 11.3 Å². The smallest absolute Gasteiger partial charge is 0.178 e. The van der Waals surface area contributed by atoms with Gasteiger partial charge in [0.15, 0.2) is 5.78 Å². The van der Waals surface area contributed by atoms with Crippen molar-refractivity contribution in [1.82, 2.24) is 4.98 Å². The molecule has 1 aromatic carbocycles. The standard InChI is InChI=1S/C11H9F2NO/c1-2-10(15)9-4-6-3-7(12)5-8(13)11(6)14-9/h3-5,14H,2H2,1H3. The third-order valence-electron chi connectivity index (χ3n) is 2.27. The highest BCUT2D eigenvalue weighted by Gasteiger charge is 2.11. The lowest BCUT2D eigenvalue weighted by Crippen LogP contribution is -1.95. The van der Waals surface area contributed by atoms with Gasteiger partial charge in [0.05, 0.1) is 11.2 Å². The minimum absolute atomic E-state index is 0.119. The number of Topliss-reactive ketones (excluding diaryl/α,β-unsaturated/α-hetero) is 1. The van der Waals surface area contributed by atoms with Crippen molar-refractivity contribution in [3.8, 4) is 0 Å². The van der Waals surface area contributed by atoms with Crippen LogP contribution < -0.4 is 0 Å². The Bertz CT molecular complexity index is 531. The number of halogens is 2. The van der Waals surface area contributed by atoms with Gasteiger partial charge in [-0.2, -0.15) is 0 Å². The van der Waals surface area contributed by atoms with Crippen LogP contribution in [-0.2, 0) is 0 Å². The van der Waals surface area contributed by atoms with Gasteiger partial charge in [0, 0.05) is 17.9 Å². The number of aromatic amines is 1. The molecule has 15 heavy (non-hydrogen) atoms. The molecule has 2 aromatic rings. The maximum Gasteiger partial charge on any atom is 0.178 e. The van der Waals surface area contributed by atoms with E-state index in [0.717, 1.165) is 6.07 Å². The minimum atomic E-state index is -0.680. The fourth-order valence-electron chi connectivity index (χ4n) is 1.51. The largest absolute Gasteiger partial charge is 0.350 e. The SMILES string of the molecule is CCC(=O)c1cc2cc(F)cc(F)c2[nH]1. The van der Waals surface area contributed by atoms with E-state index >= 15 is 0 Å². The summed E-state index contributed by atoms with van der Waals surface area (Å²) >= 11 is 0. The first-order valence-corrected chi connectivity index (χ1v) is 4.62. The monoisotopic (exact) mass is 209 g/mol. The summed E-state index contributed by atoms with van der Waals surface area (Å²) in [5, 5.41) is 0.379. The van der Waals surface area contributed by atoms with Crippen LogP contribution in [0.5, 0.6) is 0 Å². The fourth-order valence-corrected chi connectivity index (χ4v) is 1.51. The topological polar surface area (TPSA) is 32.9 Å². The molecule has 0 aliphatic heterocycles. The van der Waals surface area contributed by atoms with Crippen LogP contribution in [0.25, 0.3) is 10.9 Å². The van der Waals surface area contributed by atoms with E-state index in [0.29, 0.717) is 17.5 Å². The van der Waals surface area contributed by atoms with Gasteiger partial charge < -0.3 is 4.98 Å². The summed E-state index contributed by atoms with van der Waals surface area (Å²) in [6.45, 7) is 1.71. The van der Waals surface area contributed by atoms with Crippen molar-refractivity contribution in [3.63, 3.8) is 0 Å². The number of benzene rings is 1. The molecule has 78 valence electrons. The Hall–Kier alpha value is -1.71. The summed E-state index contributed by atoms with van der Waals surface area (Å²) in [5.41, 5.74) is 0.491. The third-order valence-corrected chi connectivity index (χ3v) is 2.27. The summed E-state index contributed by atoms with van der Waals surface area (Å²) < 4.78 is 26.1. The van der Waals surface area contributed by atoms with Crippen molar-refractivity contribution in [2.24, 2.45) is 0 Å². The molecule has 0 fully saturated rings. The second-order valence-electron chi connectivity index (χ2n) is 3.31. The first-order chi connectivity index (χ1) is 7.11. The number of rotatable bonds is 2. The zero-order valence-electron chi connectivity index (χ0n) is 8.10. The highest BCUT2D eigenvalue weighted by atomic mass is 19.1. The Labute approximate surface area is 84.9 Å². The molecule has 0 bridgehead atoms. The average molecular weight is 209 g/mol. The highest BCUT2D eigenvalue weighted by Crippen LogP contribution is 2.20. The third kappa shape index (κ3) is 1.63. The molecule has 0 spiro atoms. The average Bonchev–Trinajstić information content (AvgIpc) is 2.60. The first kappa shape index (κ1) is 9.83. The Kier molecular flexibility index (Phi) is 2.26. The summed E-state index contributed by atoms with van der Waals surface area (Å²) in [4.78, 5) is 14.0. The van der Waals surface area contributed by atoms with Crippen molar-refractivity contribution in [2.75, 3.05) is 0 Å². The predicted molar refractivity (Wildman–Crippen MR) is 52.8 cm³/mol. The molecule has 0 aliphatic rings. The maximum absolute atomic E-state index is 13.2. The van der Waals surface area contributed by atoms with Crippen LogP contribution in [-0.4, -0.2) is 10.8 Å². The molecule has 0 unspecified atom stereocenters. The molecular formula is C11H9F2NO. The molecule has 0 saturated heterocycles. The van der Waals surface area contributed by atoms with Crippen LogP contribution in [0.4, 0.5) is 8.78 Å². The highest BCUT2D eigenvalue weighted by molar-refractivity contribution is 5.99. The summed E-state index contributed by atoms with van der Waals surface area (Å²) in [6.07, 6.45) is 0.330. The van der Waals surface area contributed by atoms with Gasteiger partial charge in [0.1, 0.15) is 11.6 Å². The Morgan fingerprint density at radius 3 is 2.73 bits per heavy atom. The molecule has 0 saturated carbocycles. The zero-order valence-corrected chi connectivity index (χ0v) is 8.10. The number of carbonyl (C=O) groups excluding carboxylic acids is 1. The molecule has 0 radical (unpaired) electrons. The minimum Gasteiger partial charge on any atom is -0.350 e. The van der Waals surface area contributed by atoms with Gasteiger partial charge in [-0.1, -0.05) is 6.92 Å². The van der Waals surface area contributed by atoms with Crippen LogP contribution in [0.3, 0.4) is 0 Å². The summed E-state index contributed by atoms with van der Waals surface area (Å²) in [7, 11) is 0. The maximum atomic E-state index is 13.2. The van der Waals surface area contributed by atoms with E-state index in [1.165, 1.54) is 12.1 Å². The molecular weight excluding hydrogens is 200 g/mol. The molecule has 0 aliphatic carbocycles. The van der Waals surface area contributed by atoms with Crippen molar-refractivity contribution in [2.45, 2.75) is 13.3 Å². The van der Waals surface area contributed by atoms with Crippen molar-refractivity contribution in [3.05, 3.63) is 35.5 Å². The second-order valence-corrected chi connectivity index (χ2v) is 3.31. The normalized spacial score (nSPS) is 10.9. The van der Waals surface area contributed by atoms with Crippen LogP contribution in [0, 0.1) is 11.6 Å². The zero-order chi connectivity index (χ0) is 11.0. The second kappa shape index (κ2) is 3.46. The number of aromatic nitrogens is 1. The molecule has 0 amide bonds. The van der Waals surface area contributed by atoms with E-state index in [2.05, 4.69) is 4.98 Å². The van der Waals surface area contributed by atoms with Crippen molar-refractivity contribution in [1.29, 1.82) is 0 Å². The lowest BCUT2D eigenvalue weighted by atomic mass is 10.2. The van der Waals surface area contributed by atoms with Gasteiger partial charge >= 0.3 is 0 Å². The fraction of sp³-hybridized carbons (Fsp3) is 0.182. The van der Waals surface area contributed by atoms with Crippen molar-refractivity contribution < 1.29 is 13.6 Å². The van der Waals surface area contributed by atoms with Gasteiger partial charge in [0.25, 0.3) is 0 Å². The predicted octanol–water partition coefficient (Wildman–Crippen LogP) is 3.04. The Balaban J connectivity index is 2.65. The van der Waals surface area contributed by atoms with Gasteiger partial charge in [-0.3, -0.25) is 4.79 Å². The van der Waals surface area contributed by atoms with E-state index in [9.17, 15) is 13.6 Å².